The van der Waals surface area contributed by atoms with E-state index in [1.165, 1.54) is 18.2 Å². The van der Waals surface area contributed by atoms with Gasteiger partial charge in [0.1, 0.15) is 0 Å². The van der Waals surface area contributed by atoms with Gasteiger partial charge in [-0.15, -0.1) is 12.4 Å². The SMILES string of the molecule is Cl.NC(=O)c1cc(Br)cc(S(=O)(=O)NCC2CCCNC2)c1. The molecule has 22 heavy (non-hydrogen) atoms. The first-order valence-electron chi connectivity index (χ1n) is 6.69. The van der Waals surface area contributed by atoms with Gasteiger partial charge in [-0.05, 0) is 50.0 Å². The van der Waals surface area contributed by atoms with Crippen molar-refractivity contribution in [1.82, 2.24) is 10.0 Å². The third-order valence-electron chi connectivity index (χ3n) is 3.43. The molecule has 1 fully saturated rings. The van der Waals surface area contributed by atoms with Gasteiger partial charge in [-0.3, -0.25) is 4.79 Å². The highest BCUT2D eigenvalue weighted by molar-refractivity contribution is 9.10. The lowest BCUT2D eigenvalue weighted by Crippen LogP contribution is -2.38. The molecule has 1 amide bonds. The van der Waals surface area contributed by atoms with Gasteiger partial charge >= 0.3 is 0 Å². The largest absolute Gasteiger partial charge is 0.366 e. The predicted octanol–water partition coefficient (Wildman–Crippen LogP) is 1.25. The van der Waals surface area contributed by atoms with Gasteiger partial charge in [0.05, 0.1) is 4.90 Å². The summed E-state index contributed by atoms with van der Waals surface area (Å²) >= 11 is 3.19. The smallest absolute Gasteiger partial charge is 0.248 e. The number of halogens is 2. The van der Waals surface area contributed by atoms with Gasteiger partial charge in [0.2, 0.25) is 15.9 Å². The minimum atomic E-state index is -3.65. The monoisotopic (exact) mass is 411 g/mol. The lowest BCUT2D eigenvalue weighted by atomic mass is 10.0. The highest BCUT2D eigenvalue weighted by atomic mass is 79.9. The van der Waals surface area contributed by atoms with Crippen LogP contribution in [0.25, 0.3) is 0 Å². The number of hydrogen-bond donors (Lipinski definition) is 3. The van der Waals surface area contributed by atoms with Crippen LogP contribution in [0.4, 0.5) is 0 Å². The molecule has 4 N–H and O–H groups in total. The minimum absolute atomic E-state index is 0. The maximum atomic E-state index is 12.3. The molecular formula is C13H19BrClN3O3S. The summed E-state index contributed by atoms with van der Waals surface area (Å²) in [6, 6.07) is 4.23. The fourth-order valence-corrected chi connectivity index (χ4v) is 4.10. The van der Waals surface area contributed by atoms with Crippen molar-refractivity contribution in [3.05, 3.63) is 28.2 Å². The van der Waals surface area contributed by atoms with E-state index in [2.05, 4.69) is 26.0 Å². The number of benzene rings is 1. The maximum Gasteiger partial charge on any atom is 0.248 e. The van der Waals surface area contributed by atoms with Gasteiger partial charge in [-0.2, -0.15) is 0 Å². The highest BCUT2D eigenvalue weighted by Crippen LogP contribution is 2.20. The lowest BCUT2D eigenvalue weighted by Gasteiger charge is -2.22. The second-order valence-electron chi connectivity index (χ2n) is 5.10. The third kappa shape index (κ3) is 5.20. The summed E-state index contributed by atoms with van der Waals surface area (Å²) in [7, 11) is -3.65. The van der Waals surface area contributed by atoms with Crippen LogP contribution >= 0.6 is 28.3 Å². The molecule has 9 heteroatoms. The molecule has 0 aliphatic carbocycles. The zero-order chi connectivity index (χ0) is 15.5. The first-order chi connectivity index (χ1) is 9.88. The van der Waals surface area contributed by atoms with Crippen LogP contribution in [0.15, 0.2) is 27.6 Å². The van der Waals surface area contributed by atoms with E-state index in [0.717, 1.165) is 25.9 Å². The molecule has 1 aliphatic rings. The number of carbonyl (C=O) groups is 1. The van der Waals surface area contributed by atoms with E-state index in [4.69, 9.17) is 5.73 Å². The quantitative estimate of drug-likeness (QED) is 0.677. The van der Waals surface area contributed by atoms with E-state index in [1.54, 1.807) is 0 Å². The number of nitrogens with one attached hydrogen (secondary N) is 2. The summed E-state index contributed by atoms with van der Waals surface area (Å²) < 4.78 is 27.7. The van der Waals surface area contributed by atoms with Crippen molar-refractivity contribution in [1.29, 1.82) is 0 Å². The highest BCUT2D eigenvalue weighted by Gasteiger charge is 2.20. The number of carbonyl (C=O) groups excluding carboxylic acids is 1. The van der Waals surface area contributed by atoms with Crippen molar-refractivity contribution in [2.24, 2.45) is 11.7 Å². The normalized spacial score (nSPS) is 18.5. The average Bonchev–Trinajstić information content (AvgIpc) is 2.45. The molecule has 0 radical (unpaired) electrons. The van der Waals surface area contributed by atoms with Crippen molar-refractivity contribution < 1.29 is 13.2 Å². The number of nitrogens with two attached hydrogens (primary N) is 1. The number of rotatable bonds is 5. The fraction of sp³-hybridized carbons (Fsp3) is 0.462. The van der Waals surface area contributed by atoms with Gasteiger partial charge in [-0.1, -0.05) is 15.9 Å². The molecule has 6 nitrogen and oxygen atoms in total. The standard InChI is InChI=1S/C13H18BrN3O3S.ClH/c14-11-4-10(13(15)18)5-12(6-11)21(19,20)17-8-9-2-1-3-16-7-9;/h4-6,9,16-17H,1-3,7-8H2,(H2,15,18);1H. The van der Waals surface area contributed by atoms with E-state index in [9.17, 15) is 13.2 Å². The molecule has 124 valence electrons. The molecule has 1 unspecified atom stereocenters. The molecule has 1 aromatic rings. The number of amides is 1. The maximum absolute atomic E-state index is 12.3. The first kappa shape index (κ1) is 19.4. The van der Waals surface area contributed by atoms with Gasteiger partial charge in [0.25, 0.3) is 0 Å². The molecule has 1 atom stereocenters. The molecule has 0 bridgehead atoms. The zero-order valence-electron chi connectivity index (χ0n) is 11.8. The Morgan fingerprint density at radius 1 is 1.41 bits per heavy atom. The second kappa shape index (κ2) is 8.26. The second-order valence-corrected chi connectivity index (χ2v) is 7.79. The molecule has 1 heterocycles. The fourth-order valence-electron chi connectivity index (χ4n) is 2.27. The van der Waals surface area contributed by atoms with Crippen LogP contribution in [-0.2, 0) is 10.0 Å². The van der Waals surface area contributed by atoms with E-state index < -0.39 is 15.9 Å². The van der Waals surface area contributed by atoms with Gasteiger partial charge in [0.15, 0.2) is 0 Å². The Labute approximate surface area is 144 Å². The van der Waals surface area contributed by atoms with Gasteiger partial charge in [-0.25, -0.2) is 13.1 Å². The Morgan fingerprint density at radius 2 is 2.14 bits per heavy atom. The molecule has 2 rings (SSSR count). The lowest BCUT2D eigenvalue weighted by molar-refractivity contribution is 0.1000. The van der Waals surface area contributed by atoms with E-state index >= 15 is 0 Å². The third-order valence-corrected chi connectivity index (χ3v) is 5.29. The predicted molar refractivity (Wildman–Crippen MR) is 90.7 cm³/mol. The van der Waals surface area contributed by atoms with Crippen molar-refractivity contribution in [3.8, 4) is 0 Å². The zero-order valence-corrected chi connectivity index (χ0v) is 15.1. The Kier molecular flexibility index (Phi) is 7.27. The van der Waals surface area contributed by atoms with Crippen LogP contribution in [-0.4, -0.2) is 34.0 Å². The van der Waals surface area contributed by atoms with E-state index in [-0.39, 0.29) is 28.8 Å². The van der Waals surface area contributed by atoms with Crippen LogP contribution in [0.1, 0.15) is 23.2 Å². The number of piperidine rings is 1. The van der Waals surface area contributed by atoms with Crippen LogP contribution < -0.4 is 15.8 Å². The molecule has 0 spiro atoms. The summed E-state index contributed by atoms with van der Waals surface area (Å²) in [5.41, 5.74) is 5.36. The van der Waals surface area contributed by atoms with Crippen molar-refractivity contribution in [3.63, 3.8) is 0 Å². The molecular weight excluding hydrogens is 394 g/mol. The van der Waals surface area contributed by atoms with Crippen molar-refractivity contribution in [2.45, 2.75) is 17.7 Å². The Balaban J connectivity index is 0.00000242. The van der Waals surface area contributed by atoms with Crippen LogP contribution in [0, 0.1) is 5.92 Å². The molecule has 0 saturated carbocycles. The molecule has 1 aromatic carbocycles. The Morgan fingerprint density at radius 3 is 2.73 bits per heavy atom. The average molecular weight is 413 g/mol. The topological polar surface area (TPSA) is 101 Å². The van der Waals surface area contributed by atoms with E-state index in [0.29, 0.717) is 11.0 Å². The van der Waals surface area contributed by atoms with Crippen molar-refractivity contribution >= 4 is 44.3 Å². The van der Waals surface area contributed by atoms with Crippen LogP contribution in [0.2, 0.25) is 0 Å². The first-order valence-corrected chi connectivity index (χ1v) is 8.97. The molecule has 1 saturated heterocycles. The minimum Gasteiger partial charge on any atom is -0.366 e. The summed E-state index contributed by atoms with van der Waals surface area (Å²) in [4.78, 5) is 11.3. The Bertz CT molecular complexity index is 633. The molecule has 1 aliphatic heterocycles. The number of primary amides is 1. The van der Waals surface area contributed by atoms with E-state index in [1.807, 2.05) is 0 Å². The molecule has 0 aromatic heterocycles. The van der Waals surface area contributed by atoms with Crippen LogP contribution in [0.5, 0.6) is 0 Å². The van der Waals surface area contributed by atoms with Crippen LogP contribution in [0.3, 0.4) is 0 Å². The number of hydrogen-bond acceptors (Lipinski definition) is 4. The van der Waals surface area contributed by atoms with Gasteiger partial charge in [0, 0.05) is 16.6 Å². The summed E-state index contributed by atoms with van der Waals surface area (Å²) in [6.07, 6.45) is 2.05. The van der Waals surface area contributed by atoms with Crippen molar-refractivity contribution in [2.75, 3.05) is 19.6 Å². The Hall–Kier alpha value is -0.670. The summed E-state index contributed by atoms with van der Waals surface area (Å²) in [5, 5.41) is 3.24. The summed E-state index contributed by atoms with van der Waals surface area (Å²) in [6.45, 7) is 2.18. The number of sulfonamides is 1. The van der Waals surface area contributed by atoms with Gasteiger partial charge < -0.3 is 11.1 Å². The summed E-state index contributed by atoms with van der Waals surface area (Å²) in [5.74, 6) is -0.375.